The van der Waals surface area contributed by atoms with Crippen LogP contribution in [0.1, 0.15) is 29.4 Å². The van der Waals surface area contributed by atoms with Crippen LogP contribution in [-0.2, 0) is 0 Å². The lowest BCUT2D eigenvalue weighted by Gasteiger charge is -2.17. The van der Waals surface area contributed by atoms with Crippen molar-refractivity contribution in [3.63, 3.8) is 0 Å². The number of aromatic nitrogens is 1. The van der Waals surface area contributed by atoms with Crippen LogP contribution in [0.4, 0.5) is 0 Å². The van der Waals surface area contributed by atoms with E-state index in [1.165, 1.54) is 6.20 Å². The molecular formula is C12H14BrN3O. The maximum atomic E-state index is 11.9. The molecule has 1 rings (SSSR count). The van der Waals surface area contributed by atoms with Gasteiger partial charge in [-0.25, -0.2) is 4.98 Å². The lowest BCUT2D eigenvalue weighted by Crippen LogP contribution is -2.29. The second kappa shape index (κ2) is 6.36. The van der Waals surface area contributed by atoms with Crippen LogP contribution in [0.5, 0.6) is 0 Å². The largest absolute Gasteiger partial charge is 0.340 e. The van der Waals surface area contributed by atoms with Crippen LogP contribution in [0.25, 0.3) is 0 Å². The van der Waals surface area contributed by atoms with Crippen LogP contribution in [0.2, 0.25) is 0 Å². The SMILES string of the molecule is CC(Br)CCN(C)C(=O)c1ccc(C#N)cn1. The van der Waals surface area contributed by atoms with Crippen LogP contribution in [0, 0.1) is 11.3 Å². The van der Waals surface area contributed by atoms with Crippen molar-refractivity contribution in [1.29, 1.82) is 5.26 Å². The Labute approximate surface area is 109 Å². The fourth-order valence-corrected chi connectivity index (χ4v) is 1.46. The normalized spacial score (nSPS) is 11.6. The zero-order valence-electron chi connectivity index (χ0n) is 9.85. The lowest BCUT2D eigenvalue weighted by molar-refractivity contribution is 0.0788. The second-order valence-corrected chi connectivity index (χ2v) is 5.40. The molecule has 0 N–H and O–H groups in total. The number of hydrogen-bond donors (Lipinski definition) is 0. The third-order valence-electron chi connectivity index (χ3n) is 2.32. The maximum absolute atomic E-state index is 11.9. The Hall–Kier alpha value is -1.41. The average Bonchev–Trinajstić information content (AvgIpc) is 2.35. The first kappa shape index (κ1) is 13.7. The standard InChI is InChI=1S/C12H14BrN3O/c1-9(13)5-6-16(2)12(17)11-4-3-10(7-14)8-15-11/h3-4,8-9H,5-6H2,1-2H3. The van der Waals surface area contributed by atoms with Gasteiger partial charge in [0.05, 0.1) is 5.56 Å². The van der Waals surface area contributed by atoms with E-state index >= 15 is 0 Å². The Bertz CT molecular complexity index is 422. The van der Waals surface area contributed by atoms with E-state index in [0.717, 1.165) is 6.42 Å². The van der Waals surface area contributed by atoms with E-state index in [1.807, 2.05) is 13.0 Å². The number of rotatable bonds is 4. The van der Waals surface area contributed by atoms with E-state index in [-0.39, 0.29) is 5.91 Å². The van der Waals surface area contributed by atoms with Gasteiger partial charge < -0.3 is 4.90 Å². The van der Waals surface area contributed by atoms with Crippen LogP contribution in [0.3, 0.4) is 0 Å². The number of pyridine rings is 1. The van der Waals surface area contributed by atoms with Crippen LogP contribution >= 0.6 is 15.9 Å². The van der Waals surface area contributed by atoms with Crippen LogP contribution in [0.15, 0.2) is 18.3 Å². The number of halogens is 1. The minimum Gasteiger partial charge on any atom is -0.340 e. The molecule has 0 radical (unpaired) electrons. The molecule has 4 nitrogen and oxygen atoms in total. The Morgan fingerprint density at radius 2 is 2.35 bits per heavy atom. The van der Waals surface area contributed by atoms with Gasteiger partial charge >= 0.3 is 0 Å². The summed E-state index contributed by atoms with van der Waals surface area (Å²) in [6, 6.07) is 5.15. The van der Waals surface area contributed by atoms with E-state index in [4.69, 9.17) is 5.26 Å². The van der Waals surface area contributed by atoms with Crippen molar-refractivity contribution in [3.8, 4) is 6.07 Å². The predicted molar refractivity (Wildman–Crippen MR) is 68.9 cm³/mol. The van der Waals surface area contributed by atoms with Gasteiger partial charge in [-0.2, -0.15) is 5.26 Å². The molecule has 1 aromatic heterocycles. The Kier molecular flexibility index (Phi) is 5.11. The molecule has 0 saturated heterocycles. The smallest absolute Gasteiger partial charge is 0.272 e. The number of alkyl halides is 1. The molecular weight excluding hydrogens is 282 g/mol. The first-order valence-corrected chi connectivity index (χ1v) is 6.22. The second-order valence-electron chi connectivity index (χ2n) is 3.84. The third kappa shape index (κ3) is 4.16. The van der Waals surface area contributed by atoms with Crippen LogP contribution in [-0.4, -0.2) is 34.2 Å². The van der Waals surface area contributed by atoms with Gasteiger partial charge in [-0.05, 0) is 18.6 Å². The molecule has 0 aliphatic carbocycles. The number of nitrogens with zero attached hydrogens (tertiary/aromatic N) is 3. The summed E-state index contributed by atoms with van der Waals surface area (Å²) in [5.41, 5.74) is 0.826. The Balaban J connectivity index is 2.65. The van der Waals surface area contributed by atoms with Gasteiger partial charge in [0.2, 0.25) is 0 Å². The maximum Gasteiger partial charge on any atom is 0.272 e. The molecule has 0 aromatic carbocycles. The van der Waals surface area contributed by atoms with Gasteiger partial charge in [-0.3, -0.25) is 4.79 Å². The zero-order valence-corrected chi connectivity index (χ0v) is 11.4. The molecule has 1 amide bonds. The monoisotopic (exact) mass is 295 g/mol. The van der Waals surface area contributed by atoms with Gasteiger partial charge in [0, 0.05) is 24.6 Å². The minimum atomic E-state index is -0.123. The van der Waals surface area contributed by atoms with Crippen molar-refractivity contribution < 1.29 is 4.79 Å². The summed E-state index contributed by atoms with van der Waals surface area (Å²) in [4.78, 5) is 17.9. The van der Waals surface area contributed by atoms with Crippen molar-refractivity contribution in [2.45, 2.75) is 18.2 Å². The van der Waals surface area contributed by atoms with Crippen molar-refractivity contribution in [2.24, 2.45) is 0 Å². The van der Waals surface area contributed by atoms with Crippen molar-refractivity contribution in [1.82, 2.24) is 9.88 Å². The molecule has 17 heavy (non-hydrogen) atoms. The van der Waals surface area contributed by atoms with E-state index in [0.29, 0.717) is 22.6 Å². The molecule has 90 valence electrons. The quantitative estimate of drug-likeness (QED) is 0.800. The first-order chi connectivity index (χ1) is 8.04. The highest BCUT2D eigenvalue weighted by atomic mass is 79.9. The summed E-state index contributed by atoms with van der Waals surface area (Å²) >= 11 is 3.44. The van der Waals surface area contributed by atoms with Crippen LogP contribution < -0.4 is 0 Å². The predicted octanol–water partition coefficient (Wildman–Crippen LogP) is 2.20. The van der Waals surface area contributed by atoms with E-state index in [9.17, 15) is 4.79 Å². The molecule has 0 saturated carbocycles. The Morgan fingerprint density at radius 3 is 2.82 bits per heavy atom. The summed E-state index contributed by atoms with van der Waals surface area (Å²) in [5, 5.41) is 8.63. The molecule has 0 aliphatic rings. The summed E-state index contributed by atoms with van der Waals surface area (Å²) in [7, 11) is 1.75. The molecule has 1 heterocycles. The lowest BCUT2D eigenvalue weighted by atomic mass is 10.2. The van der Waals surface area contributed by atoms with E-state index in [2.05, 4.69) is 20.9 Å². The van der Waals surface area contributed by atoms with Gasteiger partial charge in [-0.1, -0.05) is 22.9 Å². The fourth-order valence-electron chi connectivity index (χ4n) is 1.26. The molecule has 1 aromatic rings. The summed E-state index contributed by atoms with van der Waals surface area (Å²) < 4.78 is 0. The van der Waals surface area contributed by atoms with Gasteiger partial charge in [-0.15, -0.1) is 0 Å². The summed E-state index contributed by atoms with van der Waals surface area (Å²) in [6.45, 7) is 2.71. The molecule has 0 fully saturated rings. The summed E-state index contributed by atoms with van der Waals surface area (Å²) in [6.07, 6.45) is 2.30. The molecule has 1 unspecified atom stereocenters. The molecule has 0 spiro atoms. The van der Waals surface area contributed by atoms with Gasteiger partial charge in [0.25, 0.3) is 5.91 Å². The highest BCUT2D eigenvalue weighted by Crippen LogP contribution is 2.07. The Morgan fingerprint density at radius 1 is 1.65 bits per heavy atom. The number of carbonyl (C=O) groups is 1. The zero-order chi connectivity index (χ0) is 12.8. The topological polar surface area (TPSA) is 57.0 Å². The number of hydrogen-bond acceptors (Lipinski definition) is 3. The minimum absolute atomic E-state index is 0.123. The number of amides is 1. The van der Waals surface area contributed by atoms with Gasteiger partial charge in [0.15, 0.2) is 0 Å². The fraction of sp³-hybridized carbons (Fsp3) is 0.417. The summed E-state index contributed by atoms with van der Waals surface area (Å²) in [5.74, 6) is -0.123. The van der Waals surface area contributed by atoms with E-state index < -0.39 is 0 Å². The average molecular weight is 296 g/mol. The third-order valence-corrected chi connectivity index (χ3v) is 2.78. The van der Waals surface area contributed by atoms with Crippen molar-refractivity contribution in [2.75, 3.05) is 13.6 Å². The first-order valence-electron chi connectivity index (χ1n) is 5.30. The molecule has 0 aliphatic heterocycles. The highest BCUT2D eigenvalue weighted by molar-refractivity contribution is 9.09. The number of nitriles is 1. The van der Waals surface area contributed by atoms with Crippen molar-refractivity contribution in [3.05, 3.63) is 29.6 Å². The van der Waals surface area contributed by atoms with Gasteiger partial charge in [0.1, 0.15) is 11.8 Å². The number of carbonyl (C=O) groups excluding carboxylic acids is 1. The van der Waals surface area contributed by atoms with E-state index in [1.54, 1.807) is 24.1 Å². The molecule has 1 atom stereocenters. The van der Waals surface area contributed by atoms with Crippen molar-refractivity contribution >= 4 is 21.8 Å². The highest BCUT2D eigenvalue weighted by Gasteiger charge is 2.13. The molecule has 0 bridgehead atoms. The molecule has 5 heteroatoms.